The van der Waals surface area contributed by atoms with Crippen LogP contribution >= 0.6 is 11.8 Å². The summed E-state index contributed by atoms with van der Waals surface area (Å²) in [5, 5.41) is 4.06. The molecule has 0 saturated heterocycles. The van der Waals surface area contributed by atoms with Gasteiger partial charge in [0.1, 0.15) is 5.76 Å². The molecule has 3 aromatic rings. The van der Waals surface area contributed by atoms with E-state index in [1.807, 2.05) is 45.0 Å². The molecule has 0 aliphatic heterocycles. The molecule has 7 heteroatoms. The predicted molar refractivity (Wildman–Crippen MR) is 107 cm³/mol. The Labute approximate surface area is 162 Å². The first kappa shape index (κ1) is 19.2. The molecule has 6 nitrogen and oxygen atoms in total. The van der Waals surface area contributed by atoms with Crippen LogP contribution in [0.5, 0.6) is 0 Å². The lowest BCUT2D eigenvalue weighted by atomic mass is 10.2. The van der Waals surface area contributed by atoms with Crippen molar-refractivity contribution in [2.45, 2.75) is 44.4 Å². The van der Waals surface area contributed by atoms with Crippen LogP contribution in [0, 0.1) is 0 Å². The summed E-state index contributed by atoms with van der Waals surface area (Å²) in [6, 6.07) is 10.7. The molecule has 142 valence electrons. The fourth-order valence-electron chi connectivity index (χ4n) is 2.82. The van der Waals surface area contributed by atoms with E-state index in [0.717, 1.165) is 6.42 Å². The Kier molecular flexibility index (Phi) is 6.01. The van der Waals surface area contributed by atoms with Crippen LogP contribution in [0.3, 0.4) is 0 Å². The van der Waals surface area contributed by atoms with E-state index in [9.17, 15) is 9.59 Å². The van der Waals surface area contributed by atoms with Crippen molar-refractivity contribution < 1.29 is 9.21 Å². The number of hydrogen-bond acceptors (Lipinski definition) is 5. The molecule has 2 aromatic heterocycles. The molecular formula is C20H23N3O3S. The van der Waals surface area contributed by atoms with Gasteiger partial charge in [-0.05, 0) is 44.5 Å². The van der Waals surface area contributed by atoms with Crippen molar-refractivity contribution in [2.75, 3.05) is 5.75 Å². The van der Waals surface area contributed by atoms with Gasteiger partial charge in [-0.15, -0.1) is 0 Å². The van der Waals surface area contributed by atoms with E-state index in [1.54, 1.807) is 23.0 Å². The molecule has 1 amide bonds. The number of aromatic nitrogens is 2. The van der Waals surface area contributed by atoms with Gasteiger partial charge in [-0.25, -0.2) is 4.98 Å². The number of thioether (sulfide) groups is 1. The molecule has 0 aliphatic rings. The Morgan fingerprint density at radius 2 is 2.04 bits per heavy atom. The maximum absolute atomic E-state index is 12.9. The number of nitrogens with zero attached hydrogens (tertiary/aromatic N) is 2. The minimum Gasteiger partial charge on any atom is -0.467 e. The largest absolute Gasteiger partial charge is 0.467 e. The molecule has 1 aromatic carbocycles. The number of carbonyl (C=O) groups is 1. The van der Waals surface area contributed by atoms with Gasteiger partial charge in [0, 0.05) is 6.04 Å². The zero-order valence-electron chi connectivity index (χ0n) is 15.6. The average molecular weight is 385 g/mol. The molecule has 27 heavy (non-hydrogen) atoms. The third kappa shape index (κ3) is 4.24. The quantitative estimate of drug-likeness (QED) is 0.492. The summed E-state index contributed by atoms with van der Waals surface area (Å²) < 4.78 is 7.00. The minimum atomic E-state index is -0.213. The Hall–Kier alpha value is -2.54. The third-order valence-electron chi connectivity index (χ3n) is 4.49. The van der Waals surface area contributed by atoms with Crippen molar-refractivity contribution in [3.63, 3.8) is 0 Å². The molecule has 0 fully saturated rings. The molecule has 0 radical (unpaired) electrons. The van der Waals surface area contributed by atoms with Gasteiger partial charge < -0.3 is 9.73 Å². The summed E-state index contributed by atoms with van der Waals surface area (Å²) in [5.41, 5.74) is 0.579. The predicted octanol–water partition coefficient (Wildman–Crippen LogP) is 3.93. The van der Waals surface area contributed by atoms with E-state index >= 15 is 0 Å². The Balaban J connectivity index is 1.81. The number of fused-ring (bicyclic) bond motifs is 1. The molecule has 0 bridgehead atoms. The molecule has 3 rings (SSSR count). The lowest BCUT2D eigenvalue weighted by molar-refractivity contribution is -0.119. The highest BCUT2D eigenvalue weighted by atomic mass is 32.2. The van der Waals surface area contributed by atoms with Crippen molar-refractivity contribution in [1.29, 1.82) is 0 Å². The van der Waals surface area contributed by atoms with Gasteiger partial charge in [-0.2, -0.15) is 0 Å². The molecule has 2 heterocycles. The lowest BCUT2D eigenvalue weighted by Gasteiger charge is -2.18. The van der Waals surface area contributed by atoms with E-state index < -0.39 is 0 Å². The number of furan rings is 1. The highest BCUT2D eigenvalue weighted by molar-refractivity contribution is 7.99. The van der Waals surface area contributed by atoms with Crippen LogP contribution in [0.2, 0.25) is 0 Å². The van der Waals surface area contributed by atoms with Crippen molar-refractivity contribution in [3.05, 3.63) is 58.8 Å². The zero-order valence-corrected chi connectivity index (χ0v) is 16.5. The van der Waals surface area contributed by atoms with Gasteiger partial charge in [0.25, 0.3) is 5.56 Å². The topological polar surface area (TPSA) is 77.1 Å². The van der Waals surface area contributed by atoms with E-state index in [0.29, 0.717) is 21.8 Å². The van der Waals surface area contributed by atoms with Crippen LogP contribution in [-0.4, -0.2) is 21.2 Å². The first-order valence-electron chi connectivity index (χ1n) is 8.98. The normalized spacial score (nSPS) is 13.4. The Morgan fingerprint density at radius 1 is 1.26 bits per heavy atom. The molecule has 0 spiro atoms. The molecule has 1 N–H and O–H groups in total. The van der Waals surface area contributed by atoms with E-state index in [2.05, 4.69) is 10.3 Å². The Bertz CT molecular complexity index is 982. The van der Waals surface area contributed by atoms with Crippen LogP contribution in [0.15, 0.2) is 57.0 Å². The number of rotatable bonds is 7. The molecule has 2 atom stereocenters. The number of amides is 1. The first-order valence-corrected chi connectivity index (χ1v) is 9.96. The number of benzene rings is 1. The zero-order chi connectivity index (χ0) is 19.4. The molecule has 0 aliphatic carbocycles. The highest BCUT2D eigenvalue weighted by Crippen LogP contribution is 2.22. The van der Waals surface area contributed by atoms with Gasteiger partial charge in [0.2, 0.25) is 5.91 Å². The number of carbonyl (C=O) groups excluding carboxylic acids is 1. The fourth-order valence-corrected chi connectivity index (χ4v) is 3.73. The van der Waals surface area contributed by atoms with Crippen molar-refractivity contribution >= 4 is 28.6 Å². The van der Waals surface area contributed by atoms with E-state index in [4.69, 9.17) is 4.42 Å². The molecule has 0 saturated carbocycles. The van der Waals surface area contributed by atoms with Crippen molar-refractivity contribution in [1.82, 2.24) is 14.9 Å². The van der Waals surface area contributed by atoms with Gasteiger partial charge in [0.15, 0.2) is 5.16 Å². The Morgan fingerprint density at radius 3 is 2.74 bits per heavy atom. The second-order valence-electron chi connectivity index (χ2n) is 6.44. The maximum atomic E-state index is 12.9. The number of hydrogen-bond donors (Lipinski definition) is 1. The van der Waals surface area contributed by atoms with Crippen LogP contribution in [0.1, 0.15) is 45.0 Å². The summed E-state index contributed by atoms with van der Waals surface area (Å²) in [6.45, 7) is 5.88. The number of para-hydroxylation sites is 1. The van der Waals surface area contributed by atoms with Crippen LogP contribution in [0.4, 0.5) is 0 Å². The van der Waals surface area contributed by atoms with Crippen molar-refractivity contribution in [2.24, 2.45) is 0 Å². The van der Waals surface area contributed by atoms with E-state index in [1.165, 1.54) is 11.8 Å². The SMILES string of the molecule is CC[C@H](C)n1c(SCC(=O)N[C@H](C)c2ccco2)nc2ccccc2c1=O. The molecule has 0 unspecified atom stereocenters. The van der Waals surface area contributed by atoms with E-state index in [-0.39, 0.29) is 29.3 Å². The first-order chi connectivity index (χ1) is 13.0. The second-order valence-corrected chi connectivity index (χ2v) is 7.38. The average Bonchev–Trinajstić information content (AvgIpc) is 3.21. The van der Waals surface area contributed by atoms with Gasteiger partial charge in [0.05, 0.1) is 29.0 Å². The summed E-state index contributed by atoms with van der Waals surface area (Å²) in [4.78, 5) is 29.9. The third-order valence-corrected chi connectivity index (χ3v) is 5.44. The minimum absolute atomic E-state index is 0.00205. The smallest absolute Gasteiger partial charge is 0.262 e. The monoisotopic (exact) mass is 385 g/mol. The fraction of sp³-hybridized carbons (Fsp3) is 0.350. The van der Waals surface area contributed by atoms with Gasteiger partial charge in [-0.3, -0.25) is 14.2 Å². The van der Waals surface area contributed by atoms with Gasteiger partial charge >= 0.3 is 0 Å². The van der Waals surface area contributed by atoms with Crippen LogP contribution in [0.25, 0.3) is 10.9 Å². The number of nitrogens with one attached hydrogen (secondary N) is 1. The summed E-state index contributed by atoms with van der Waals surface area (Å²) in [7, 11) is 0. The standard InChI is InChI=1S/C20H23N3O3S/c1-4-13(2)23-19(25)15-8-5-6-9-16(15)22-20(23)27-12-18(24)21-14(3)17-10-7-11-26-17/h5-11,13-14H,4,12H2,1-3H3,(H,21,24)/t13-,14+/m0/s1. The van der Waals surface area contributed by atoms with Gasteiger partial charge in [-0.1, -0.05) is 30.8 Å². The lowest BCUT2D eigenvalue weighted by Crippen LogP contribution is -2.29. The summed E-state index contributed by atoms with van der Waals surface area (Å²) in [5.74, 6) is 0.738. The van der Waals surface area contributed by atoms with Crippen molar-refractivity contribution in [3.8, 4) is 0 Å². The second kappa shape index (κ2) is 8.43. The molecular weight excluding hydrogens is 362 g/mol. The maximum Gasteiger partial charge on any atom is 0.262 e. The van der Waals surface area contributed by atoms with Crippen LogP contribution < -0.4 is 10.9 Å². The summed E-state index contributed by atoms with van der Waals surface area (Å²) >= 11 is 1.28. The van der Waals surface area contributed by atoms with Crippen LogP contribution in [-0.2, 0) is 4.79 Å². The summed E-state index contributed by atoms with van der Waals surface area (Å²) in [6.07, 6.45) is 2.38. The highest BCUT2D eigenvalue weighted by Gasteiger charge is 2.18.